The molecule has 0 spiro atoms. The van der Waals surface area contributed by atoms with E-state index in [1.807, 2.05) is 43.3 Å². The first-order valence-electron chi connectivity index (χ1n) is 12.4. The minimum atomic E-state index is -0.414. The largest absolute Gasteiger partial charge is 0.488 e. The van der Waals surface area contributed by atoms with E-state index in [0.717, 1.165) is 49.6 Å². The summed E-state index contributed by atoms with van der Waals surface area (Å²) in [5.74, 6) is 0.934. The monoisotopic (exact) mass is 472 g/mol. The summed E-state index contributed by atoms with van der Waals surface area (Å²) in [6.07, 6.45) is 1.21. The highest BCUT2D eigenvalue weighted by Gasteiger charge is 2.29. The SMILES string of the molecule is CCOCCCNc1ccc2c(c1)CC(CNC(=O)OCC1c3ccccc3-c3ccccc31)O2. The summed E-state index contributed by atoms with van der Waals surface area (Å²) in [6, 6.07) is 22.8. The molecule has 0 aromatic heterocycles. The molecule has 6 heteroatoms. The molecule has 3 aromatic rings. The fourth-order valence-corrected chi connectivity index (χ4v) is 4.94. The Labute approximate surface area is 206 Å². The fraction of sp³-hybridized carbons (Fsp3) is 0.345. The van der Waals surface area contributed by atoms with Crippen LogP contribution < -0.4 is 15.4 Å². The maximum atomic E-state index is 12.5. The van der Waals surface area contributed by atoms with Crippen LogP contribution in [0.2, 0.25) is 0 Å². The third-order valence-corrected chi connectivity index (χ3v) is 6.62. The number of rotatable bonds is 10. The van der Waals surface area contributed by atoms with E-state index in [4.69, 9.17) is 14.2 Å². The lowest BCUT2D eigenvalue weighted by Crippen LogP contribution is -2.35. The average Bonchev–Trinajstić information content (AvgIpc) is 3.44. The van der Waals surface area contributed by atoms with Crippen LogP contribution in [0.3, 0.4) is 0 Å². The van der Waals surface area contributed by atoms with E-state index in [9.17, 15) is 4.79 Å². The van der Waals surface area contributed by atoms with Crippen LogP contribution in [0.25, 0.3) is 11.1 Å². The Hall–Kier alpha value is -3.51. The van der Waals surface area contributed by atoms with Crippen LogP contribution in [0.1, 0.15) is 36.0 Å². The van der Waals surface area contributed by atoms with Crippen LogP contribution in [0.15, 0.2) is 66.7 Å². The molecule has 1 aliphatic heterocycles. The minimum absolute atomic E-state index is 0.0552. The third-order valence-electron chi connectivity index (χ3n) is 6.62. The zero-order chi connectivity index (χ0) is 24.0. The maximum Gasteiger partial charge on any atom is 0.407 e. The Bertz CT molecular complexity index is 1130. The first-order valence-corrected chi connectivity index (χ1v) is 12.4. The highest BCUT2D eigenvalue weighted by molar-refractivity contribution is 5.79. The van der Waals surface area contributed by atoms with E-state index in [-0.39, 0.29) is 12.0 Å². The van der Waals surface area contributed by atoms with E-state index in [2.05, 4.69) is 41.0 Å². The van der Waals surface area contributed by atoms with Crippen molar-refractivity contribution in [3.05, 3.63) is 83.4 Å². The van der Waals surface area contributed by atoms with Gasteiger partial charge in [-0.1, -0.05) is 48.5 Å². The summed E-state index contributed by atoms with van der Waals surface area (Å²) in [5.41, 5.74) is 7.08. The number of fused-ring (bicyclic) bond motifs is 4. The predicted octanol–water partition coefficient (Wildman–Crippen LogP) is 5.37. The van der Waals surface area contributed by atoms with Crippen LogP contribution in [0.5, 0.6) is 5.75 Å². The molecule has 1 unspecified atom stereocenters. The standard InChI is InChI=1S/C29H32N2O4/c1-2-33-15-7-14-30-21-12-13-28-20(16-21)17-22(35-28)18-31-29(32)34-19-27-25-10-5-3-8-23(25)24-9-4-6-11-26(24)27/h3-6,8-13,16,22,27,30H,2,7,14-15,17-19H2,1H3,(H,31,32). The number of nitrogens with one attached hydrogen (secondary N) is 2. The quantitative estimate of drug-likeness (QED) is 0.389. The van der Waals surface area contributed by atoms with Crippen molar-refractivity contribution in [1.82, 2.24) is 5.32 Å². The second-order valence-corrected chi connectivity index (χ2v) is 8.95. The number of hydrogen-bond donors (Lipinski definition) is 2. The van der Waals surface area contributed by atoms with Gasteiger partial charge in [0.05, 0.1) is 6.54 Å². The van der Waals surface area contributed by atoms with Crippen molar-refractivity contribution in [3.63, 3.8) is 0 Å². The number of benzene rings is 3. The molecule has 0 radical (unpaired) electrons. The summed E-state index contributed by atoms with van der Waals surface area (Å²) >= 11 is 0. The smallest absolute Gasteiger partial charge is 0.407 e. The van der Waals surface area contributed by atoms with Crippen molar-refractivity contribution < 1.29 is 19.0 Å². The number of anilines is 1. The zero-order valence-electron chi connectivity index (χ0n) is 20.1. The van der Waals surface area contributed by atoms with Gasteiger partial charge < -0.3 is 24.8 Å². The summed E-state index contributed by atoms with van der Waals surface area (Å²) < 4.78 is 17.0. The van der Waals surface area contributed by atoms with Crippen LogP contribution in [0, 0.1) is 0 Å². The average molecular weight is 473 g/mol. The van der Waals surface area contributed by atoms with Gasteiger partial charge in [-0.2, -0.15) is 0 Å². The van der Waals surface area contributed by atoms with Gasteiger partial charge in [0.1, 0.15) is 18.5 Å². The van der Waals surface area contributed by atoms with Gasteiger partial charge in [-0.15, -0.1) is 0 Å². The third kappa shape index (κ3) is 5.28. The molecule has 1 atom stereocenters. The Balaban J connectivity index is 1.09. The van der Waals surface area contributed by atoms with Crippen LogP contribution in [-0.2, 0) is 15.9 Å². The lowest BCUT2D eigenvalue weighted by molar-refractivity contribution is 0.136. The zero-order valence-corrected chi connectivity index (χ0v) is 20.1. The highest BCUT2D eigenvalue weighted by Crippen LogP contribution is 2.44. The highest BCUT2D eigenvalue weighted by atomic mass is 16.5. The molecule has 5 rings (SSSR count). The van der Waals surface area contributed by atoms with Gasteiger partial charge in [0, 0.05) is 37.8 Å². The topological polar surface area (TPSA) is 68.8 Å². The van der Waals surface area contributed by atoms with Crippen molar-refractivity contribution in [3.8, 4) is 16.9 Å². The Kier molecular flexibility index (Phi) is 7.19. The molecule has 0 saturated heterocycles. The molecule has 0 fully saturated rings. The van der Waals surface area contributed by atoms with E-state index in [0.29, 0.717) is 13.2 Å². The molecule has 2 aliphatic rings. The van der Waals surface area contributed by atoms with Crippen LogP contribution >= 0.6 is 0 Å². The van der Waals surface area contributed by atoms with Crippen molar-refractivity contribution in [1.29, 1.82) is 0 Å². The van der Waals surface area contributed by atoms with Gasteiger partial charge in [0.15, 0.2) is 0 Å². The van der Waals surface area contributed by atoms with Crippen LogP contribution in [-0.4, -0.2) is 45.1 Å². The number of carbonyl (C=O) groups excluding carboxylic acids is 1. The fourth-order valence-electron chi connectivity index (χ4n) is 4.94. The van der Waals surface area contributed by atoms with Gasteiger partial charge in [0.2, 0.25) is 0 Å². The molecule has 6 nitrogen and oxygen atoms in total. The number of carbonyl (C=O) groups is 1. The molecule has 1 heterocycles. The van der Waals surface area contributed by atoms with Crippen molar-refractivity contribution in [2.45, 2.75) is 31.8 Å². The molecule has 0 bridgehead atoms. The van der Waals surface area contributed by atoms with E-state index in [1.54, 1.807) is 0 Å². The van der Waals surface area contributed by atoms with Crippen molar-refractivity contribution in [2.24, 2.45) is 0 Å². The van der Waals surface area contributed by atoms with E-state index >= 15 is 0 Å². The first-order chi connectivity index (χ1) is 17.2. The number of alkyl carbamates (subject to hydrolysis) is 1. The summed E-state index contributed by atoms with van der Waals surface area (Å²) in [6.45, 7) is 5.11. The number of hydrogen-bond acceptors (Lipinski definition) is 5. The maximum absolute atomic E-state index is 12.5. The molecule has 1 amide bonds. The Morgan fingerprint density at radius 1 is 1.03 bits per heavy atom. The summed E-state index contributed by atoms with van der Waals surface area (Å²) in [4.78, 5) is 12.5. The van der Waals surface area contributed by atoms with Gasteiger partial charge in [-0.3, -0.25) is 0 Å². The Morgan fingerprint density at radius 2 is 1.77 bits per heavy atom. The molecular weight excluding hydrogens is 440 g/mol. The lowest BCUT2D eigenvalue weighted by Gasteiger charge is -2.16. The van der Waals surface area contributed by atoms with Crippen LogP contribution in [0.4, 0.5) is 10.5 Å². The van der Waals surface area contributed by atoms with Crippen molar-refractivity contribution >= 4 is 11.8 Å². The van der Waals surface area contributed by atoms with Gasteiger partial charge in [0.25, 0.3) is 0 Å². The molecule has 182 valence electrons. The van der Waals surface area contributed by atoms with Gasteiger partial charge in [-0.05, 0) is 59.4 Å². The second kappa shape index (κ2) is 10.8. The van der Waals surface area contributed by atoms with E-state index in [1.165, 1.54) is 22.3 Å². The number of ether oxygens (including phenoxy) is 3. The molecule has 2 N–H and O–H groups in total. The van der Waals surface area contributed by atoms with Gasteiger partial charge >= 0.3 is 6.09 Å². The molecule has 1 aliphatic carbocycles. The van der Waals surface area contributed by atoms with E-state index < -0.39 is 6.09 Å². The first kappa shape index (κ1) is 23.2. The molecular formula is C29H32N2O4. The van der Waals surface area contributed by atoms with Crippen molar-refractivity contribution in [2.75, 3.05) is 38.2 Å². The normalized spacial score (nSPS) is 15.6. The lowest BCUT2D eigenvalue weighted by atomic mass is 9.98. The molecule has 35 heavy (non-hydrogen) atoms. The number of amides is 1. The minimum Gasteiger partial charge on any atom is -0.488 e. The predicted molar refractivity (Wildman–Crippen MR) is 137 cm³/mol. The molecule has 3 aromatic carbocycles. The second-order valence-electron chi connectivity index (χ2n) is 8.95. The summed E-state index contributed by atoms with van der Waals surface area (Å²) in [7, 11) is 0. The summed E-state index contributed by atoms with van der Waals surface area (Å²) in [5, 5.41) is 6.31. The molecule has 0 saturated carbocycles. The Morgan fingerprint density at radius 3 is 2.51 bits per heavy atom. The van der Waals surface area contributed by atoms with Gasteiger partial charge in [-0.25, -0.2) is 4.79 Å².